The van der Waals surface area contributed by atoms with Crippen molar-refractivity contribution >= 4 is 22.8 Å². The number of hydrogen-bond acceptors (Lipinski definition) is 3. The van der Waals surface area contributed by atoms with E-state index in [2.05, 4.69) is 0 Å². The Balaban J connectivity index is 5.48. The molecule has 0 rings (SSSR count). The lowest BCUT2D eigenvalue weighted by Crippen LogP contribution is -2.70. The Kier molecular flexibility index (Phi) is 13.0. The van der Waals surface area contributed by atoms with E-state index in [1.807, 2.05) is 6.92 Å². The number of hydrogen-bond donors (Lipinski definition) is 1. The Morgan fingerprint density at radius 2 is 1.21 bits per heavy atom. The van der Waals surface area contributed by atoms with Crippen molar-refractivity contribution in [1.29, 1.82) is 0 Å². The van der Waals surface area contributed by atoms with Gasteiger partial charge in [0.2, 0.25) is 5.12 Å². The number of quaternary nitrogens is 1. The Hall–Kier alpha value is -1.46. The number of carboxylic acids is 1. The molecule has 1 unspecified atom stereocenters. The fourth-order valence-electron chi connectivity index (χ4n) is 3.34. The number of nitrogens with zero attached hydrogens (tertiary/aromatic N) is 1. The quantitative estimate of drug-likeness (QED) is 0.0994. The second-order valence-corrected chi connectivity index (χ2v) is 10.4. The summed E-state index contributed by atoms with van der Waals surface area (Å²) in [6.07, 6.45) is -6.44. The highest BCUT2D eigenvalue weighted by molar-refractivity contribution is 8.13. The van der Waals surface area contributed by atoms with E-state index in [1.54, 1.807) is 0 Å². The van der Waals surface area contributed by atoms with Crippen LogP contribution < -0.4 is 0 Å². The Bertz CT molecular complexity index is 821. The maximum atomic E-state index is 13.9. The molecule has 0 amide bonds. The average Bonchev–Trinajstić information content (AvgIpc) is 2.76. The van der Waals surface area contributed by atoms with Gasteiger partial charge in [-0.25, -0.2) is 0 Å². The molecule has 0 aliphatic carbocycles. The van der Waals surface area contributed by atoms with E-state index in [0.717, 1.165) is 19.3 Å². The van der Waals surface area contributed by atoms with E-state index >= 15 is 0 Å². The van der Waals surface area contributed by atoms with Crippen LogP contribution in [-0.4, -0.2) is 88.9 Å². The molecule has 0 radical (unpaired) electrons. The first-order valence-corrected chi connectivity index (χ1v) is 12.5. The number of rotatable bonds is 18. The maximum absolute atomic E-state index is 13.9. The molecule has 0 aromatic heterocycles. The van der Waals surface area contributed by atoms with Crippen molar-refractivity contribution in [3.63, 3.8) is 0 Å². The van der Waals surface area contributed by atoms with Gasteiger partial charge in [0, 0.05) is 12.2 Å². The summed E-state index contributed by atoms with van der Waals surface area (Å²) in [6.45, 7) is 1.59. The third-order valence-electron chi connectivity index (χ3n) is 5.86. The summed E-state index contributed by atoms with van der Waals surface area (Å²) in [5.74, 6) is -39.9. The minimum Gasteiger partial charge on any atom is -0.481 e. The van der Waals surface area contributed by atoms with Crippen LogP contribution in [-0.2, 0) is 9.59 Å². The molecule has 4 nitrogen and oxygen atoms in total. The molecular formula is C21H29F13NO3S+. The van der Waals surface area contributed by atoms with Crippen molar-refractivity contribution < 1.29 is 76.3 Å². The topological polar surface area (TPSA) is 54.4 Å². The molecule has 0 spiro atoms. The van der Waals surface area contributed by atoms with Gasteiger partial charge in [-0.05, 0) is 12.8 Å². The molecular weight excluding hydrogens is 593 g/mol. The predicted molar refractivity (Wildman–Crippen MR) is 115 cm³/mol. The number of carboxylic acid groups (broad SMARTS) is 1. The number of carbonyl (C=O) groups excluding carboxylic acids is 1. The number of halogens is 13. The largest absolute Gasteiger partial charge is 0.481 e. The molecule has 0 fully saturated rings. The standard InChI is InChI=1S/C21H28F13NO3S/c1-3-4-5-6-7-10-35(2,11-8-14(36)37)13-15(38)39-12-9-16(22,23)17(24,25)18(26,27)19(28,29)20(30,31)21(32,33)34/h3-13H2,1-2H3/p+1. The smallest absolute Gasteiger partial charge is 0.460 e. The van der Waals surface area contributed by atoms with E-state index in [4.69, 9.17) is 5.11 Å². The first-order valence-electron chi connectivity index (χ1n) is 11.5. The molecule has 0 heterocycles. The highest BCUT2D eigenvalue weighted by atomic mass is 32.2. The minimum atomic E-state index is -7.96. The van der Waals surface area contributed by atoms with Gasteiger partial charge < -0.3 is 9.59 Å². The molecule has 0 saturated heterocycles. The van der Waals surface area contributed by atoms with E-state index in [1.165, 1.54) is 7.05 Å². The maximum Gasteiger partial charge on any atom is 0.460 e. The molecule has 1 atom stereocenters. The first kappa shape index (κ1) is 37.5. The van der Waals surface area contributed by atoms with Crippen LogP contribution in [0.1, 0.15) is 51.9 Å². The Labute approximate surface area is 219 Å². The molecule has 18 heteroatoms. The fourth-order valence-corrected chi connectivity index (χ4v) is 4.33. The normalized spacial score (nSPS) is 15.8. The highest BCUT2D eigenvalue weighted by Crippen LogP contribution is 2.60. The van der Waals surface area contributed by atoms with Crippen LogP contribution in [0.5, 0.6) is 0 Å². The number of aliphatic carboxylic acids is 1. The van der Waals surface area contributed by atoms with Gasteiger partial charge >= 0.3 is 41.8 Å². The molecule has 0 aromatic carbocycles. The summed E-state index contributed by atoms with van der Waals surface area (Å²) in [6, 6.07) is 0. The lowest BCUT2D eigenvalue weighted by Gasteiger charge is -2.39. The zero-order valence-electron chi connectivity index (χ0n) is 20.8. The van der Waals surface area contributed by atoms with Gasteiger partial charge in [0.1, 0.15) is 6.54 Å². The minimum absolute atomic E-state index is 0.0988. The van der Waals surface area contributed by atoms with Gasteiger partial charge in [0.25, 0.3) is 0 Å². The van der Waals surface area contributed by atoms with E-state index in [0.29, 0.717) is 12.8 Å². The van der Waals surface area contributed by atoms with Gasteiger partial charge in [-0.3, -0.25) is 9.59 Å². The molecule has 0 aromatic rings. The van der Waals surface area contributed by atoms with Crippen LogP contribution in [0.15, 0.2) is 0 Å². The molecule has 0 bridgehead atoms. The number of alkyl halides is 13. The third kappa shape index (κ3) is 9.01. The summed E-state index contributed by atoms with van der Waals surface area (Å²) in [5, 5.41) is 7.91. The van der Waals surface area contributed by atoms with Crippen LogP contribution in [0.3, 0.4) is 0 Å². The van der Waals surface area contributed by atoms with Crippen molar-refractivity contribution in [3.8, 4) is 0 Å². The average molecular weight is 623 g/mol. The van der Waals surface area contributed by atoms with E-state index in [9.17, 15) is 66.7 Å². The third-order valence-corrected chi connectivity index (χ3v) is 6.71. The SMILES string of the molecule is CCCCCCC[N+](C)(CCC(=O)O)CC(=O)SCCC(F)(F)C(F)(F)C(F)(F)C(F)(F)C(F)(F)C(F)(F)F. The first-order chi connectivity index (χ1) is 17.3. The van der Waals surface area contributed by atoms with Crippen LogP contribution in [0.4, 0.5) is 57.1 Å². The van der Waals surface area contributed by atoms with Crippen molar-refractivity contribution in [2.75, 3.05) is 32.4 Å². The summed E-state index contributed by atoms with van der Waals surface area (Å²) in [4.78, 5) is 23.2. The van der Waals surface area contributed by atoms with Crippen LogP contribution >= 0.6 is 11.8 Å². The van der Waals surface area contributed by atoms with Crippen molar-refractivity contribution in [1.82, 2.24) is 0 Å². The number of thioether (sulfide) groups is 1. The van der Waals surface area contributed by atoms with Crippen molar-refractivity contribution in [2.24, 2.45) is 0 Å². The molecule has 1 N–H and O–H groups in total. The van der Waals surface area contributed by atoms with Gasteiger partial charge in [-0.15, -0.1) is 0 Å². The van der Waals surface area contributed by atoms with Gasteiger partial charge in [-0.2, -0.15) is 57.1 Å². The molecule has 0 aliphatic heterocycles. The zero-order chi connectivity index (χ0) is 31.1. The fraction of sp³-hybridized carbons (Fsp3) is 0.905. The molecule has 0 saturated carbocycles. The summed E-state index contributed by atoms with van der Waals surface area (Å²) < 4.78 is 171. The van der Waals surface area contributed by atoms with Crippen LogP contribution in [0, 0.1) is 0 Å². The number of carbonyl (C=O) groups is 2. The van der Waals surface area contributed by atoms with Gasteiger partial charge in [-0.1, -0.05) is 37.9 Å². The summed E-state index contributed by atoms with van der Waals surface area (Å²) in [5.41, 5.74) is 0. The van der Waals surface area contributed by atoms with E-state index < -0.39 is 72.0 Å². The highest BCUT2D eigenvalue weighted by Gasteiger charge is 2.90. The van der Waals surface area contributed by atoms with Crippen molar-refractivity contribution in [2.45, 2.75) is 87.7 Å². The second-order valence-electron chi connectivity index (χ2n) is 9.25. The van der Waals surface area contributed by atoms with Gasteiger partial charge in [0.15, 0.2) is 0 Å². The number of unbranched alkanes of at least 4 members (excludes halogenated alkanes) is 4. The van der Waals surface area contributed by atoms with Gasteiger partial charge in [0.05, 0.1) is 26.6 Å². The summed E-state index contributed by atoms with van der Waals surface area (Å²) in [7, 11) is 1.45. The molecule has 0 aliphatic rings. The Morgan fingerprint density at radius 3 is 1.67 bits per heavy atom. The molecule has 39 heavy (non-hydrogen) atoms. The van der Waals surface area contributed by atoms with Crippen LogP contribution in [0.2, 0.25) is 0 Å². The van der Waals surface area contributed by atoms with E-state index in [-0.39, 0.29) is 29.3 Å². The zero-order valence-corrected chi connectivity index (χ0v) is 21.6. The predicted octanol–water partition coefficient (Wildman–Crippen LogP) is 7.27. The monoisotopic (exact) mass is 622 g/mol. The summed E-state index contributed by atoms with van der Waals surface area (Å²) >= 11 is -0.120. The second kappa shape index (κ2) is 13.5. The lowest BCUT2D eigenvalue weighted by molar-refractivity contribution is -0.901. The molecule has 232 valence electrons. The number of likely N-dealkylation sites (N-methyl/N-ethyl adjacent to an activating group) is 1. The Morgan fingerprint density at radius 1 is 0.718 bits per heavy atom. The lowest BCUT2D eigenvalue weighted by atomic mass is 9.93. The van der Waals surface area contributed by atoms with Crippen LogP contribution in [0.25, 0.3) is 0 Å². The van der Waals surface area contributed by atoms with Crippen molar-refractivity contribution in [3.05, 3.63) is 0 Å².